The Hall–Kier alpha value is -0.820. The zero-order valence-corrected chi connectivity index (χ0v) is 17.7. The van der Waals surface area contributed by atoms with Crippen LogP contribution < -0.4 is 10.6 Å². The minimum Gasteiger partial charge on any atom is -0.355 e. The number of piperidine rings is 1. The molecule has 2 fully saturated rings. The van der Waals surface area contributed by atoms with Gasteiger partial charge in [-0.15, -0.1) is 0 Å². The number of benzene rings is 1. The molecule has 138 valence electrons. The van der Waals surface area contributed by atoms with Gasteiger partial charge in [-0.05, 0) is 65.2 Å². The predicted molar refractivity (Wildman–Crippen MR) is 111 cm³/mol. The number of rotatable bonds is 3. The molecule has 1 aliphatic heterocycles. The van der Waals surface area contributed by atoms with Gasteiger partial charge in [-0.25, -0.2) is 9.97 Å². The number of halogens is 2. The summed E-state index contributed by atoms with van der Waals surface area (Å²) in [6.45, 7) is 2.05. The van der Waals surface area contributed by atoms with E-state index in [1.807, 2.05) is 30.6 Å². The highest BCUT2D eigenvalue weighted by atomic mass is 79.9. The lowest BCUT2D eigenvalue weighted by molar-refractivity contribution is 0.197. The summed E-state index contributed by atoms with van der Waals surface area (Å²) in [6, 6.07) is 6.28. The molecule has 2 N–H and O–H groups in total. The monoisotopic (exact) mass is 452 g/mol. The van der Waals surface area contributed by atoms with Crippen molar-refractivity contribution < 1.29 is 0 Å². The third-order valence-corrected chi connectivity index (χ3v) is 7.93. The Morgan fingerprint density at radius 2 is 2.00 bits per heavy atom. The number of hydrogen-bond donors (Lipinski definition) is 1. The van der Waals surface area contributed by atoms with Crippen LogP contribution in [0.4, 0.5) is 5.82 Å². The van der Waals surface area contributed by atoms with Crippen LogP contribution in [0.1, 0.15) is 32.1 Å². The molecule has 2 aliphatic rings. The van der Waals surface area contributed by atoms with Crippen LogP contribution >= 0.6 is 39.3 Å². The molecule has 0 radical (unpaired) electrons. The molecule has 1 aliphatic carbocycles. The van der Waals surface area contributed by atoms with Gasteiger partial charge < -0.3 is 10.6 Å². The lowest BCUT2D eigenvalue weighted by Crippen LogP contribution is -2.47. The number of aromatic nitrogens is 2. The summed E-state index contributed by atoms with van der Waals surface area (Å²) >= 11 is 11.1. The van der Waals surface area contributed by atoms with Crippen molar-refractivity contribution in [3.63, 3.8) is 0 Å². The van der Waals surface area contributed by atoms with E-state index in [1.165, 1.54) is 32.1 Å². The number of nitrogens with two attached hydrogens (primary N) is 1. The van der Waals surface area contributed by atoms with Gasteiger partial charge in [0.2, 0.25) is 0 Å². The molecule has 0 bridgehead atoms. The summed E-state index contributed by atoms with van der Waals surface area (Å²) < 4.78 is 0.898. The van der Waals surface area contributed by atoms with Gasteiger partial charge in [0.25, 0.3) is 0 Å². The van der Waals surface area contributed by atoms with Gasteiger partial charge in [-0.1, -0.05) is 29.8 Å². The fraction of sp³-hybridized carbons (Fsp3) is 0.474. The summed E-state index contributed by atoms with van der Waals surface area (Å²) in [6.07, 6.45) is 9.84. The third-order valence-electron chi connectivity index (χ3n) is 5.79. The van der Waals surface area contributed by atoms with Gasteiger partial charge in [0, 0.05) is 28.5 Å². The van der Waals surface area contributed by atoms with Crippen LogP contribution in [-0.2, 0) is 0 Å². The van der Waals surface area contributed by atoms with Crippen molar-refractivity contribution in [1.82, 2.24) is 9.97 Å². The van der Waals surface area contributed by atoms with Gasteiger partial charge in [0.15, 0.2) is 0 Å². The Kier molecular flexibility index (Phi) is 5.46. The first-order valence-electron chi connectivity index (χ1n) is 9.01. The van der Waals surface area contributed by atoms with E-state index >= 15 is 0 Å². The minimum absolute atomic E-state index is 0.376. The summed E-state index contributed by atoms with van der Waals surface area (Å²) in [7, 11) is 0. The Balaban J connectivity index is 1.39. The van der Waals surface area contributed by atoms with Crippen LogP contribution in [0.2, 0.25) is 5.02 Å². The first kappa shape index (κ1) is 18.5. The van der Waals surface area contributed by atoms with Crippen molar-refractivity contribution in [1.29, 1.82) is 0 Å². The highest BCUT2D eigenvalue weighted by molar-refractivity contribution is 9.10. The number of anilines is 1. The van der Waals surface area contributed by atoms with Crippen LogP contribution in [0.15, 0.2) is 45.0 Å². The molecule has 2 heterocycles. The van der Waals surface area contributed by atoms with E-state index in [2.05, 4.69) is 30.8 Å². The second-order valence-corrected chi connectivity index (χ2v) is 9.59. The maximum Gasteiger partial charge on any atom is 0.147 e. The van der Waals surface area contributed by atoms with E-state index in [-0.39, 0.29) is 0 Å². The Morgan fingerprint density at radius 1 is 1.19 bits per heavy atom. The topological polar surface area (TPSA) is 55.0 Å². The molecule has 0 amide bonds. The first-order valence-corrected chi connectivity index (χ1v) is 11.0. The molecule has 1 aromatic carbocycles. The standard InChI is InChI=1S/C19H22BrClN4S/c20-14-4-3-13(10-15(14)21)26-18-12-23-17(11-24-18)25-8-6-19(7-9-25)5-1-2-16(19)22/h3-4,10-12,16H,1-2,5-9,22H2/t16-/m1/s1. The van der Waals surface area contributed by atoms with E-state index in [0.29, 0.717) is 16.5 Å². The molecule has 0 unspecified atom stereocenters. The molecule has 26 heavy (non-hydrogen) atoms. The molecule has 2 aromatic rings. The maximum absolute atomic E-state index is 6.38. The molecule has 4 nitrogen and oxygen atoms in total. The minimum atomic E-state index is 0.376. The van der Waals surface area contributed by atoms with E-state index in [9.17, 15) is 0 Å². The van der Waals surface area contributed by atoms with Crippen molar-refractivity contribution in [2.45, 2.75) is 48.1 Å². The van der Waals surface area contributed by atoms with E-state index in [4.69, 9.17) is 17.3 Å². The van der Waals surface area contributed by atoms with Crippen LogP contribution in [0.3, 0.4) is 0 Å². The fourth-order valence-electron chi connectivity index (χ4n) is 4.15. The molecule has 7 heteroatoms. The van der Waals surface area contributed by atoms with Crippen molar-refractivity contribution in [3.05, 3.63) is 40.1 Å². The molecule has 1 atom stereocenters. The smallest absolute Gasteiger partial charge is 0.147 e. The van der Waals surface area contributed by atoms with Gasteiger partial charge >= 0.3 is 0 Å². The normalized spacial score (nSPS) is 22.1. The zero-order chi connectivity index (χ0) is 18.1. The zero-order valence-electron chi connectivity index (χ0n) is 14.5. The van der Waals surface area contributed by atoms with Crippen molar-refractivity contribution in [3.8, 4) is 0 Å². The molecule has 1 spiro atoms. The van der Waals surface area contributed by atoms with Crippen LogP contribution in [0.5, 0.6) is 0 Å². The average molecular weight is 454 g/mol. The largest absolute Gasteiger partial charge is 0.355 e. The molecular formula is C19H22BrClN4S. The lowest BCUT2D eigenvalue weighted by Gasteiger charge is -2.42. The van der Waals surface area contributed by atoms with Crippen molar-refractivity contribution >= 4 is 45.1 Å². The molecular weight excluding hydrogens is 432 g/mol. The molecule has 4 rings (SSSR count). The maximum atomic E-state index is 6.38. The summed E-state index contributed by atoms with van der Waals surface area (Å²) in [5.74, 6) is 0.963. The number of nitrogens with zero attached hydrogens (tertiary/aromatic N) is 3. The van der Waals surface area contributed by atoms with Crippen molar-refractivity contribution in [2.24, 2.45) is 11.1 Å². The quantitative estimate of drug-likeness (QED) is 0.697. The summed E-state index contributed by atoms with van der Waals surface area (Å²) in [5, 5.41) is 1.57. The SMILES string of the molecule is N[C@@H]1CCCC12CCN(c1cnc(Sc3ccc(Br)c(Cl)c3)cn1)CC2. The lowest BCUT2D eigenvalue weighted by atomic mass is 9.74. The third kappa shape index (κ3) is 3.75. The first-order chi connectivity index (χ1) is 12.6. The van der Waals surface area contributed by atoms with E-state index < -0.39 is 0 Å². The molecule has 1 saturated heterocycles. The summed E-state index contributed by atoms with van der Waals surface area (Å²) in [4.78, 5) is 12.6. The second-order valence-electron chi connectivity index (χ2n) is 7.24. The van der Waals surface area contributed by atoms with Gasteiger partial charge in [0.05, 0.1) is 17.4 Å². The molecule has 1 saturated carbocycles. The fourth-order valence-corrected chi connectivity index (χ4v) is 5.41. The Morgan fingerprint density at radius 3 is 2.62 bits per heavy atom. The van der Waals surface area contributed by atoms with Crippen LogP contribution in [-0.4, -0.2) is 29.1 Å². The highest BCUT2D eigenvalue weighted by Crippen LogP contribution is 2.45. The van der Waals surface area contributed by atoms with Crippen LogP contribution in [0.25, 0.3) is 0 Å². The van der Waals surface area contributed by atoms with Crippen molar-refractivity contribution in [2.75, 3.05) is 18.0 Å². The van der Waals surface area contributed by atoms with Gasteiger partial charge in [0.1, 0.15) is 10.8 Å². The Bertz CT molecular complexity index is 778. The highest BCUT2D eigenvalue weighted by Gasteiger charge is 2.42. The molecule has 1 aromatic heterocycles. The Labute approximate surface area is 172 Å². The van der Waals surface area contributed by atoms with Crippen LogP contribution in [0, 0.1) is 5.41 Å². The van der Waals surface area contributed by atoms with E-state index in [1.54, 1.807) is 11.8 Å². The second kappa shape index (κ2) is 7.66. The average Bonchev–Trinajstić information content (AvgIpc) is 3.00. The number of hydrogen-bond acceptors (Lipinski definition) is 5. The predicted octanol–water partition coefficient (Wildman–Crippen LogP) is 5.14. The summed E-state index contributed by atoms with van der Waals surface area (Å²) in [5.41, 5.74) is 6.76. The van der Waals surface area contributed by atoms with E-state index in [0.717, 1.165) is 33.3 Å². The van der Waals surface area contributed by atoms with Gasteiger partial charge in [-0.3, -0.25) is 0 Å². The van der Waals surface area contributed by atoms with Gasteiger partial charge in [-0.2, -0.15) is 0 Å².